The van der Waals surface area contributed by atoms with Crippen LogP contribution in [0, 0.1) is 5.92 Å². The molecular weight excluding hydrogens is 362 g/mol. The van der Waals surface area contributed by atoms with Crippen LogP contribution in [0.5, 0.6) is 0 Å². The Bertz CT molecular complexity index is 337. The van der Waals surface area contributed by atoms with Crippen molar-refractivity contribution in [2.75, 3.05) is 59.2 Å². The minimum absolute atomic E-state index is 0. The Balaban J connectivity index is 0. The van der Waals surface area contributed by atoms with Crippen LogP contribution in [0.15, 0.2) is 4.99 Å². The van der Waals surface area contributed by atoms with Crippen molar-refractivity contribution >= 4 is 6.21 Å². The number of aliphatic imine (C=N–C) groups is 1. The number of hydrazine groups is 1. The Kier molecular flexibility index (Phi) is 23.9. The molecule has 1 aliphatic rings. The van der Waals surface area contributed by atoms with Crippen LogP contribution in [0.3, 0.4) is 0 Å². The molecule has 0 heterocycles. The molecular formula is C19H44N5O4-. The van der Waals surface area contributed by atoms with Gasteiger partial charge in [-0.25, -0.2) is 5.01 Å². The van der Waals surface area contributed by atoms with Gasteiger partial charge >= 0.3 is 0 Å². The summed E-state index contributed by atoms with van der Waals surface area (Å²) in [7, 11) is 0. The molecule has 1 fully saturated rings. The summed E-state index contributed by atoms with van der Waals surface area (Å²) in [5, 5.41) is 37.1. The van der Waals surface area contributed by atoms with Gasteiger partial charge < -0.3 is 26.1 Å². The second-order valence-corrected chi connectivity index (χ2v) is 6.79. The number of aliphatic hydroxyl groups excluding tert-OH is 2. The predicted molar refractivity (Wildman–Crippen MR) is 113 cm³/mol. The van der Waals surface area contributed by atoms with Crippen molar-refractivity contribution < 1.29 is 20.8 Å². The number of rotatable bonds is 14. The van der Waals surface area contributed by atoms with Gasteiger partial charge in [0.15, 0.2) is 0 Å². The van der Waals surface area contributed by atoms with Crippen LogP contribution < -0.4 is 21.2 Å². The van der Waals surface area contributed by atoms with Crippen molar-refractivity contribution in [2.24, 2.45) is 10.9 Å². The summed E-state index contributed by atoms with van der Waals surface area (Å²) < 4.78 is 0. The molecule has 0 aromatic rings. The van der Waals surface area contributed by atoms with Gasteiger partial charge in [-0.3, -0.25) is 15.7 Å². The Labute approximate surface area is 170 Å². The number of nitrogens with one attached hydrogen (secondary N) is 3. The fourth-order valence-electron chi connectivity index (χ4n) is 2.76. The van der Waals surface area contributed by atoms with E-state index >= 15 is 0 Å². The van der Waals surface area contributed by atoms with Crippen LogP contribution >= 0.6 is 0 Å². The van der Waals surface area contributed by atoms with E-state index in [0.717, 1.165) is 45.4 Å². The normalized spacial score (nSPS) is 19.4. The molecule has 0 bridgehead atoms. The van der Waals surface area contributed by atoms with E-state index in [1.807, 2.05) is 6.21 Å². The second-order valence-electron chi connectivity index (χ2n) is 6.79. The maximum absolute atomic E-state index is 10.4. The second kappa shape index (κ2) is 22.6. The molecule has 7 N–H and O–H groups in total. The third-order valence-corrected chi connectivity index (χ3v) is 4.16. The van der Waals surface area contributed by atoms with E-state index < -0.39 is 0 Å². The van der Waals surface area contributed by atoms with Gasteiger partial charge in [-0.1, -0.05) is 33.1 Å². The lowest BCUT2D eigenvalue weighted by Crippen LogP contribution is -2.46. The Morgan fingerprint density at radius 3 is 2.43 bits per heavy atom. The molecule has 0 saturated heterocycles. The first kappa shape index (κ1) is 29.6. The molecule has 0 spiro atoms. The minimum Gasteiger partial charge on any atom is -0.854 e. The Morgan fingerprint density at radius 1 is 1.07 bits per heavy atom. The molecule has 0 aliphatic heterocycles. The lowest BCUT2D eigenvalue weighted by atomic mass is 9.87. The molecule has 170 valence electrons. The Morgan fingerprint density at radius 2 is 1.79 bits per heavy atom. The highest BCUT2D eigenvalue weighted by atomic mass is 16.3. The van der Waals surface area contributed by atoms with Crippen molar-refractivity contribution in [3.8, 4) is 0 Å². The van der Waals surface area contributed by atoms with E-state index in [2.05, 4.69) is 39.9 Å². The van der Waals surface area contributed by atoms with E-state index in [9.17, 15) is 10.2 Å². The van der Waals surface area contributed by atoms with Crippen LogP contribution in [0.4, 0.5) is 0 Å². The average Bonchev–Trinajstić information content (AvgIpc) is 2.66. The topological polar surface area (TPSA) is 147 Å². The third-order valence-electron chi connectivity index (χ3n) is 4.16. The average molecular weight is 407 g/mol. The lowest BCUT2D eigenvalue weighted by molar-refractivity contribution is -0.365. The lowest BCUT2D eigenvalue weighted by Gasteiger charge is -2.25. The largest absolute Gasteiger partial charge is 0.854 e. The highest BCUT2D eigenvalue weighted by Gasteiger charge is 2.20. The van der Waals surface area contributed by atoms with Crippen molar-refractivity contribution in [1.82, 2.24) is 21.1 Å². The predicted octanol–water partition coefficient (Wildman–Crippen LogP) is -1.50. The summed E-state index contributed by atoms with van der Waals surface area (Å²) in [6, 6.07) is 0. The van der Waals surface area contributed by atoms with E-state index in [1.54, 1.807) is 0 Å². The molecule has 2 atom stereocenters. The van der Waals surface area contributed by atoms with Crippen molar-refractivity contribution in [3.05, 3.63) is 0 Å². The first-order valence-corrected chi connectivity index (χ1v) is 10.5. The van der Waals surface area contributed by atoms with Gasteiger partial charge in [-0.2, -0.15) is 0 Å². The van der Waals surface area contributed by atoms with Crippen LogP contribution in [-0.4, -0.2) is 92.2 Å². The van der Waals surface area contributed by atoms with Crippen LogP contribution in [-0.2, 0) is 0 Å². The minimum atomic E-state index is -0.238. The summed E-state index contributed by atoms with van der Waals surface area (Å²) in [6.07, 6.45) is 7.12. The van der Waals surface area contributed by atoms with Crippen LogP contribution in [0.2, 0.25) is 0 Å². The first-order chi connectivity index (χ1) is 13.2. The van der Waals surface area contributed by atoms with Gasteiger partial charge in [-0.15, -0.1) is 6.61 Å². The Hall–Kier alpha value is -0.650. The summed E-state index contributed by atoms with van der Waals surface area (Å²) in [6.45, 7) is 8.95. The zero-order chi connectivity index (χ0) is 20.2. The fraction of sp³-hybridized carbons (Fsp3) is 0.947. The zero-order valence-electron chi connectivity index (χ0n) is 17.8. The van der Waals surface area contributed by atoms with E-state index in [-0.39, 0.29) is 30.8 Å². The van der Waals surface area contributed by atoms with Crippen molar-refractivity contribution in [2.45, 2.75) is 52.1 Å². The zero-order valence-corrected chi connectivity index (χ0v) is 17.8. The molecule has 9 heteroatoms. The maximum atomic E-state index is 10.4. The van der Waals surface area contributed by atoms with E-state index in [4.69, 9.17) is 5.11 Å². The molecule has 28 heavy (non-hydrogen) atoms. The molecule has 1 saturated carbocycles. The number of aliphatic hydroxyl groups is 2. The molecule has 9 nitrogen and oxygen atoms in total. The maximum Gasteiger partial charge on any atom is 0.0931 e. The number of hydrogen-bond donors (Lipinski definition) is 5. The van der Waals surface area contributed by atoms with Gasteiger partial charge in [0.2, 0.25) is 0 Å². The van der Waals surface area contributed by atoms with Gasteiger partial charge in [0, 0.05) is 44.9 Å². The summed E-state index contributed by atoms with van der Waals surface area (Å²) in [4.78, 5) is 4.48. The number of nitrogens with zero attached hydrogens (tertiary/aromatic N) is 2. The molecule has 0 aromatic heterocycles. The van der Waals surface area contributed by atoms with Crippen LogP contribution in [0.1, 0.15) is 46.0 Å². The third kappa shape index (κ3) is 17.4. The molecule has 1 rings (SSSR count). The highest BCUT2D eigenvalue weighted by molar-refractivity contribution is 5.61. The molecule has 0 amide bonds. The van der Waals surface area contributed by atoms with Crippen molar-refractivity contribution in [3.63, 3.8) is 0 Å². The van der Waals surface area contributed by atoms with E-state index in [1.165, 1.54) is 12.8 Å². The quantitative estimate of drug-likeness (QED) is 0.102. The van der Waals surface area contributed by atoms with Crippen molar-refractivity contribution in [1.29, 1.82) is 0 Å². The number of hydrogen-bond acceptors (Lipinski definition) is 8. The molecule has 2 unspecified atom stereocenters. The smallest absolute Gasteiger partial charge is 0.0931 e. The summed E-state index contributed by atoms with van der Waals surface area (Å²) in [5.74, 6) is 0.201. The van der Waals surface area contributed by atoms with Crippen LogP contribution in [0.25, 0.3) is 0 Å². The summed E-state index contributed by atoms with van der Waals surface area (Å²) >= 11 is 0. The summed E-state index contributed by atoms with van der Waals surface area (Å²) in [5.41, 5.74) is 3.31. The SMILES string of the molecule is CCC.O.[O-]CCNCCNN(CCN=CC1CCCCC1O)CCNCO. The molecule has 0 aromatic carbocycles. The standard InChI is InChI=1S/C16H34N5O3.C3H8.H2O/c22-12-9-17-5-6-20-21(11-8-19-14-23)10-7-18-13-15-3-1-2-4-16(15)24;1-3-2;/h13,15-17,19-20,23-24H,1-12,14H2;3H2,1-2H3;1H2/q-1;;. The van der Waals surface area contributed by atoms with Gasteiger partial charge in [-0.05, 0) is 19.4 Å². The first-order valence-electron chi connectivity index (χ1n) is 10.5. The molecule has 0 radical (unpaired) electrons. The van der Waals surface area contributed by atoms with Gasteiger partial charge in [0.1, 0.15) is 0 Å². The fourth-order valence-corrected chi connectivity index (χ4v) is 2.76. The van der Waals surface area contributed by atoms with Gasteiger partial charge in [0.25, 0.3) is 0 Å². The van der Waals surface area contributed by atoms with Gasteiger partial charge in [0.05, 0.1) is 19.4 Å². The van der Waals surface area contributed by atoms with E-state index in [0.29, 0.717) is 19.6 Å². The molecule has 1 aliphatic carbocycles. The highest BCUT2D eigenvalue weighted by Crippen LogP contribution is 2.22. The monoisotopic (exact) mass is 406 g/mol.